The second-order valence-corrected chi connectivity index (χ2v) is 6.83. The van der Waals surface area contributed by atoms with Gasteiger partial charge in [-0.05, 0) is 37.3 Å². The molecular weight excluding hydrogens is 278 g/mol. The van der Waals surface area contributed by atoms with Crippen LogP contribution in [0.5, 0.6) is 0 Å². The highest BCUT2D eigenvalue weighted by Crippen LogP contribution is 2.39. The van der Waals surface area contributed by atoms with E-state index < -0.39 is 10.0 Å². The second kappa shape index (κ2) is 5.13. The Morgan fingerprint density at radius 1 is 1.40 bits per heavy atom. The van der Waals surface area contributed by atoms with Gasteiger partial charge in [0.15, 0.2) is 5.69 Å². The van der Waals surface area contributed by atoms with E-state index >= 15 is 0 Å². The first-order valence-electron chi connectivity index (χ1n) is 6.61. The maximum Gasteiger partial charge on any atom is 0.243 e. The fourth-order valence-corrected chi connectivity index (χ4v) is 3.97. The molecule has 2 aliphatic rings. The lowest BCUT2D eigenvalue weighted by Gasteiger charge is -2.19. The summed E-state index contributed by atoms with van der Waals surface area (Å²) in [6.07, 6.45) is 4.23. The van der Waals surface area contributed by atoms with Crippen LogP contribution in [0.25, 0.3) is 0 Å². The van der Waals surface area contributed by atoms with Gasteiger partial charge in [-0.1, -0.05) is 0 Å². The molecule has 0 aromatic carbocycles. The van der Waals surface area contributed by atoms with Crippen molar-refractivity contribution in [2.75, 3.05) is 6.61 Å². The summed E-state index contributed by atoms with van der Waals surface area (Å²) in [4.78, 5) is 3.73. The maximum absolute atomic E-state index is 12.4. The van der Waals surface area contributed by atoms with Gasteiger partial charge in [-0.25, -0.2) is 18.1 Å². The Bertz CT molecular complexity index is 649. The zero-order chi connectivity index (χ0) is 14.2. The van der Waals surface area contributed by atoms with Gasteiger partial charge in [-0.15, -0.1) is 0 Å². The smallest absolute Gasteiger partial charge is 0.243 e. The molecule has 1 aliphatic carbocycles. The average molecular weight is 293 g/mol. The topological polar surface area (TPSA) is 92.1 Å². The van der Waals surface area contributed by atoms with E-state index in [0.717, 1.165) is 12.8 Å². The van der Waals surface area contributed by atoms with E-state index in [1.54, 1.807) is 0 Å². The average Bonchev–Trinajstić information content (AvgIpc) is 3.19. The molecule has 1 aromatic heterocycles. The molecule has 3 rings (SSSR count). The molecular formula is C13H15N3O3S. The van der Waals surface area contributed by atoms with Crippen LogP contribution in [-0.4, -0.2) is 32.2 Å². The lowest BCUT2D eigenvalue weighted by Crippen LogP contribution is -2.41. The van der Waals surface area contributed by atoms with E-state index in [4.69, 9.17) is 10.00 Å². The number of nitrogens with zero attached hydrogens (tertiary/aromatic N) is 2. The summed E-state index contributed by atoms with van der Waals surface area (Å²) in [5.74, 6) is 0.467. The van der Waals surface area contributed by atoms with E-state index in [9.17, 15) is 8.42 Å². The molecule has 0 bridgehead atoms. The number of hydrogen-bond donors (Lipinski definition) is 1. The lowest BCUT2D eigenvalue weighted by atomic mass is 10.1. The van der Waals surface area contributed by atoms with Crippen molar-refractivity contribution in [2.45, 2.75) is 36.3 Å². The first-order chi connectivity index (χ1) is 9.62. The number of rotatable bonds is 4. The van der Waals surface area contributed by atoms with Crippen LogP contribution in [0.15, 0.2) is 23.2 Å². The summed E-state index contributed by atoms with van der Waals surface area (Å²) < 4.78 is 33.1. The van der Waals surface area contributed by atoms with E-state index in [1.165, 1.54) is 18.3 Å². The van der Waals surface area contributed by atoms with Crippen LogP contribution in [0.4, 0.5) is 0 Å². The van der Waals surface area contributed by atoms with Crippen molar-refractivity contribution in [2.24, 2.45) is 5.92 Å². The quantitative estimate of drug-likeness (QED) is 0.886. The number of aromatic nitrogens is 1. The van der Waals surface area contributed by atoms with E-state index in [1.807, 2.05) is 6.07 Å². The molecule has 2 unspecified atom stereocenters. The molecule has 1 saturated carbocycles. The third-order valence-corrected chi connectivity index (χ3v) is 5.22. The zero-order valence-corrected chi connectivity index (χ0v) is 11.6. The molecule has 7 heteroatoms. The molecule has 0 radical (unpaired) electrons. The van der Waals surface area contributed by atoms with Gasteiger partial charge >= 0.3 is 0 Å². The van der Waals surface area contributed by atoms with Crippen molar-refractivity contribution < 1.29 is 13.2 Å². The Labute approximate surface area is 117 Å². The van der Waals surface area contributed by atoms with Gasteiger partial charge in [0, 0.05) is 12.8 Å². The van der Waals surface area contributed by atoms with Crippen LogP contribution in [0, 0.1) is 17.2 Å². The molecule has 1 saturated heterocycles. The Kier molecular flexibility index (Phi) is 3.46. The summed E-state index contributed by atoms with van der Waals surface area (Å²) >= 11 is 0. The van der Waals surface area contributed by atoms with Gasteiger partial charge in [-0.3, -0.25) is 0 Å². The number of nitrogens with one attached hydrogen (secondary N) is 1. The third kappa shape index (κ3) is 2.54. The van der Waals surface area contributed by atoms with Crippen LogP contribution in [0.2, 0.25) is 0 Å². The molecule has 1 aromatic rings. The molecule has 6 nitrogen and oxygen atoms in total. The monoisotopic (exact) mass is 293 g/mol. The molecule has 1 aliphatic heterocycles. The van der Waals surface area contributed by atoms with Crippen molar-refractivity contribution in [3.63, 3.8) is 0 Å². The van der Waals surface area contributed by atoms with Gasteiger partial charge < -0.3 is 4.74 Å². The van der Waals surface area contributed by atoms with E-state index in [0.29, 0.717) is 18.9 Å². The number of sulfonamides is 1. The van der Waals surface area contributed by atoms with Gasteiger partial charge in [0.2, 0.25) is 10.0 Å². The third-order valence-electron chi connectivity index (χ3n) is 3.69. The van der Waals surface area contributed by atoms with Crippen molar-refractivity contribution in [1.82, 2.24) is 9.71 Å². The minimum Gasteiger partial charge on any atom is -0.376 e. The SMILES string of the molecule is N#Cc1ncccc1S(=O)(=O)NC1CCOC1C1CC1. The van der Waals surface area contributed by atoms with Gasteiger partial charge in [-0.2, -0.15) is 5.26 Å². The first kappa shape index (κ1) is 13.5. The Balaban J connectivity index is 1.83. The summed E-state index contributed by atoms with van der Waals surface area (Å²) in [6, 6.07) is 4.51. The number of pyridine rings is 1. The standard InChI is InChI=1S/C13H15N3O3S/c14-8-11-12(2-1-6-15-11)20(17,18)16-10-5-7-19-13(10)9-3-4-9/h1-2,6,9-10,13,16H,3-5,7H2. The first-order valence-corrected chi connectivity index (χ1v) is 8.09. The number of ether oxygens (including phenoxy) is 1. The second-order valence-electron chi connectivity index (χ2n) is 5.15. The van der Waals surface area contributed by atoms with Gasteiger partial charge in [0.25, 0.3) is 0 Å². The Morgan fingerprint density at radius 3 is 2.90 bits per heavy atom. The Hall–Kier alpha value is -1.49. The van der Waals surface area contributed by atoms with Gasteiger partial charge in [0.1, 0.15) is 11.0 Å². The highest BCUT2D eigenvalue weighted by Gasteiger charge is 2.42. The molecule has 106 valence electrons. The van der Waals surface area contributed by atoms with Crippen LogP contribution in [0.1, 0.15) is 25.0 Å². The van der Waals surface area contributed by atoms with Crippen LogP contribution < -0.4 is 4.72 Å². The predicted molar refractivity (Wildman–Crippen MR) is 70.1 cm³/mol. The predicted octanol–water partition coefficient (Wildman–Crippen LogP) is 0.799. The van der Waals surface area contributed by atoms with Crippen LogP contribution in [-0.2, 0) is 14.8 Å². The minimum absolute atomic E-state index is 0.0352. The summed E-state index contributed by atoms with van der Waals surface area (Å²) in [6.45, 7) is 0.576. The molecule has 2 atom stereocenters. The molecule has 0 spiro atoms. The number of nitriles is 1. The molecule has 20 heavy (non-hydrogen) atoms. The highest BCUT2D eigenvalue weighted by molar-refractivity contribution is 7.89. The van der Waals surface area contributed by atoms with Crippen molar-refractivity contribution in [1.29, 1.82) is 5.26 Å². The Morgan fingerprint density at radius 2 is 2.20 bits per heavy atom. The van der Waals surface area contributed by atoms with E-state index in [2.05, 4.69) is 9.71 Å². The fraction of sp³-hybridized carbons (Fsp3) is 0.538. The molecule has 2 heterocycles. The lowest BCUT2D eigenvalue weighted by molar-refractivity contribution is 0.0848. The summed E-state index contributed by atoms with van der Waals surface area (Å²) in [5.41, 5.74) is -0.0816. The molecule has 2 fully saturated rings. The van der Waals surface area contributed by atoms with Crippen molar-refractivity contribution in [3.8, 4) is 6.07 Å². The van der Waals surface area contributed by atoms with Crippen LogP contribution in [0.3, 0.4) is 0 Å². The zero-order valence-electron chi connectivity index (χ0n) is 10.8. The largest absolute Gasteiger partial charge is 0.376 e. The molecule has 0 amide bonds. The summed E-state index contributed by atoms with van der Waals surface area (Å²) in [7, 11) is -3.74. The van der Waals surface area contributed by atoms with Crippen molar-refractivity contribution >= 4 is 10.0 Å². The van der Waals surface area contributed by atoms with E-state index in [-0.39, 0.29) is 22.7 Å². The normalized spacial score (nSPS) is 26.4. The maximum atomic E-state index is 12.4. The fourth-order valence-electron chi connectivity index (χ4n) is 2.58. The minimum atomic E-state index is -3.74. The molecule has 1 N–H and O–H groups in total. The van der Waals surface area contributed by atoms with Gasteiger partial charge in [0.05, 0.1) is 12.1 Å². The highest BCUT2D eigenvalue weighted by atomic mass is 32.2. The number of hydrogen-bond acceptors (Lipinski definition) is 5. The van der Waals surface area contributed by atoms with Crippen molar-refractivity contribution in [3.05, 3.63) is 24.0 Å². The van der Waals surface area contributed by atoms with Crippen LogP contribution >= 0.6 is 0 Å². The summed E-state index contributed by atoms with van der Waals surface area (Å²) in [5, 5.41) is 8.96.